The number of benzene rings is 1. The van der Waals surface area contributed by atoms with E-state index in [4.69, 9.17) is 0 Å². The molecule has 0 atom stereocenters. The third kappa shape index (κ3) is 2.50. The van der Waals surface area contributed by atoms with Crippen molar-refractivity contribution >= 4 is 16.6 Å². The van der Waals surface area contributed by atoms with Crippen LogP contribution in [0, 0.1) is 0 Å². The molecule has 0 radical (unpaired) electrons. The average Bonchev–Trinajstić information content (AvgIpc) is 2.36. The van der Waals surface area contributed by atoms with Crippen molar-refractivity contribution in [2.75, 3.05) is 12.4 Å². The molecule has 18 heavy (non-hydrogen) atoms. The van der Waals surface area contributed by atoms with E-state index in [1.165, 1.54) is 6.07 Å². The summed E-state index contributed by atoms with van der Waals surface area (Å²) in [5.41, 5.74) is 2.58. The normalized spacial score (nSPS) is 10.9. The fourth-order valence-corrected chi connectivity index (χ4v) is 1.82. The van der Waals surface area contributed by atoms with Crippen LogP contribution in [0.3, 0.4) is 0 Å². The van der Waals surface area contributed by atoms with E-state index in [9.17, 15) is 8.78 Å². The van der Waals surface area contributed by atoms with Crippen LogP contribution < -0.4 is 10.1 Å². The van der Waals surface area contributed by atoms with E-state index in [2.05, 4.69) is 15.0 Å². The van der Waals surface area contributed by atoms with Gasteiger partial charge < -0.3 is 10.1 Å². The number of hydrogen-bond donors (Lipinski definition) is 1. The number of aromatic nitrogens is 1. The van der Waals surface area contributed by atoms with Gasteiger partial charge in [0.15, 0.2) is 0 Å². The minimum atomic E-state index is -2.82. The van der Waals surface area contributed by atoms with Crippen LogP contribution >= 0.6 is 0 Å². The quantitative estimate of drug-likeness (QED) is 0.905. The Bertz CT molecular complexity index is 558. The van der Waals surface area contributed by atoms with Crippen LogP contribution in [0.25, 0.3) is 10.9 Å². The summed E-state index contributed by atoms with van der Waals surface area (Å²) in [5.74, 6) is 0.139. The third-order valence-electron chi connectivity index (χ3n) is 2.69. The summed E-state index contributed by atoms with van der Waals surface area (Å²) in [6.45, 7) is -0.801. The second-order valence-electron chi connectivity index (χ2n) is 3.82. The zero-order chi connectivity index (χ0) is 13.1. The van der Waals surface area contributed by atoms with Crippen LogP contribution in [0.4, 0.5) is 14.5 Å². The minimum absolute atomic E-state index is 0.139. The van der Waals surface area contributed by atoms with E-state index in [1.807, 2.05) is 13.0 Å². The molecule has 0 aliphatic carbocycles. The van der Waals surface area contributed by atoms with Gasteiger partial charge in [0, 0.05) is 23.8 Å². The summed E-state index contributed by atoms with van der Waals surface area (Å²) in [5, 5.41) is 3.81. The van der Waals surface area contributed by atoms with Gasteiger partial charge in [-0.05, 0) is 30.7 Å². The van der Waals surface area contributed by atoms with Gasteiger partial charge in [0.1, 0.15) is 5.75 Å². The number of pyridine rings is 1. The zero-order valence-electron chi connectivity index (χ0n) is 10.2. The van der Waals surface area contributed by atoms with Crippen LogP contribution in [-0.4, -0.2) is 18.6 Å². The van der Waals surface area contributed by atoms with Crippen molar-refractivity contribution in [1.82, 2.24) is 4.98 Å². The number of nitrogens with zero attached hydrogens (tertiary/aromatic N) is 1. The minimum Gasteiger partial charge on any atom is -0.435 e. The van der Waals surface area contributed by atoms with Crippen LogP contribution in [0.2, 0.25) is 0 Å². The van der Waals surface area contributed by atoms with E-state index in [0.29, 0.717) is 0 Å². The molecule has 0 saturated carbocycles. The Morgan fingerprint density at radius 2 is 2.11 bits per heavy atom. The van der Waals surface area contributed by atoms with Crippen LogP contribution in [-0.2, 0) is 6.42 Å². The second-order valence-corrected chi connectivity index (χ2v) is 3.82. The number of halogens is 2. The van der Waals surface area contributed by atoms with Gasteiger partial charge >= 0.3 is 6.61 Å². The zero-order valence-corrected chi connectivity index (χ0v) is 10.2. The number of anilines is 1. The Morgan fingerprint density at radius 1 is 1.33 bits per heavy atom. The van der Waals surface area contributed by atoms with Crippen molar-refractivity contribution in [3.8, 4) is 5.75 Å². The van der Waals surface area contributed by atoms with Crippen molar-refractivity contribution in [2.45, 2.75) is 20.0 Å². The molecule has 0 aliphatic heterocycles. The Kier molecular flexibility index (Phi) is 3.60. The topological polar surface area (TPSA) is 34.1 Å². The van der Waals surface area contributed by atoms with Crippen LogP contribution in [0.15, 0.2) is 24.3 Å². The highest BCUT2D eigenvalue weighted by Crippen LogP contribution is 2.27. The van der Waals surface area contributed by atoms with E-state index in [0.717, 1.165) is 28.7 Å². The van der Waals surface area contributed by atoms with Crippen molar-refractivity contribution in [1.29, 1.82) is 0 Å². The summed E-state index contributed by atoms with van der Waals surface area (Å²) < 4.78 is 28.7. The molecule has 0 spiro atoms. The predicted molar refractivity (Wildman–Crippen MR) is 67.3 cm³/mol. The lowest BCUT2D eigenvalue weighted by atomic mass is 10.1. The Labute approximate surface area is 104 Å². The lowest BCUT2D eigenvalue weighted by Crippen LogP contribution is -2.02. The van der Waals surface area contributed by atoms with Crippen molar-refractivity contribution < 1.29 is 13.5 Å². The van der Waals surface area contributed by atoms with Gasteiger partial charge in [0.25, 0.3) is 0 Å². The van der Waals surface area contributed by atoms with Crippen molar-refractivity contribution in [2.24, 2.45) is 0 Å². The first-order valence-corrected chi connectivity index (χ1v) is 5.70. The standard InChI is InChI=1S/C13H14F2N2O/c1-3-8-6-12(16-2)10-7-9(18-13(14)15)4-5-11(10)17-8/h4-7,13H,3H2,1-2H3,(H,16,17). The predicted octanol–water partition coefficient (Wildman–Crippen LogP) is 3.44. The summed E-state index contributed by atoms with van der Waals surface area (Å²) in [7, 11) is 1.79. The van der Waals surface area contributed by atoms with Crippen LogP contribution in [0.1, 0.15) is 12.6 Å². The molecular weight excluding hydrogens is 238 g/mol. The molecule has 1 aromatic heterocycles. The van der Waals surface area contributed by atoms with E-state index >= 15 is 0 Å². The molecular formula is C13H14F2N2O. The smallest absolute Gasteiger partial charge is 0.387 e. The third-order valence-corrected chi connectivity index (χ3v) is 2.69. The van der Waals surface area contributed by atoms with Gasteiger partial charge in [0.2, 0.25) is 0 Å². The lowest BCUT2D eigenvalue weighted by Gasteiger charge is -2.10. The Balaban J connectivity index is 2.54. The molecule has 0 bridgehead atoms. The number of alkyl halides is 2. The molecule has 0 amide bonds. The maximum absolute atomic E-state index is 12.2. The Morgan fingerprint density at radius 3 is 2.72 bits per heavy atom. The lowest BCUT2D eigenvalue weighted by molar-refractivity contribution is -0.0497. The van der Waals surface area contributed by atoms with E-state index < -0.39 is 6.61 Å². The molecule has 1 aromatic carbocycles. The molecule has 96 valence electrons. The first kappa shape index (κ1) is 12.5. The van der Waals surface area contributed by atoms with Gasteiger partial charge in [-0.25, -0.2) is 0 Å². The number of ether oxygens (including phenoxy) is 1. The highest BCUT2D eigenvalue weighted by atomic mass is 19.3. The molecule has 0 unspecified atom stereocenters. The van der Waals surface area contributed by atoms with Gasteiger partial charge in [-0.3, -0.25) is 4.98 Å². The molecule has 1 N–H and O–H groups in total. The largest absolute Gasteiger partial charge is 0.435 e. The molecule has 1 heterocycles. The van der Waals surface area contributed by atoms with Gasteiger partial charge in [-0.15, -0.1) is 0 Å². The van der Waals surface area contributed by atoms with Crippen molar-refractivity contribution in [3.63, 3.8) is 0 Å². The fourth-order valence-electron chi connectivity index (χ4n) is 1.82. The first-order chi connectivity index (χ1) is 8.63. The number of fused-ring (bicyclic) bond motifs is 1. The first-order valence-electron chi connectivity index (χ1n) is 5.70. The SMILES string of the molecule is CCc1cc(NC)c2cc(OC(F)F)ccc2n1. The van der Waals surface area contributed by atoms with Gasteiger partial charge in [0.05, 0.1) is 5.52 Å². The van der Waals surface area contributed by atoms with Crippen LogP contribution in [0.5, 0.6) is 5.75 Å². The summed E-state index contributed by atoms with van der Waals surface area (Å²) in [4.78, 5) is 4.44. The fraction of sp³-hybridized carbons (Fsp3) is 0.308. The van der Waals surface area contributed by atoms with Gasteiger partial charge in [-0.2, -0.15) is 8.78 Å². The average molecular weight is 252 g/mol. The number of nitrogens with one attached hydrogen (secondary N) is 1. The van der Waals surface area contributed by atoms with Crippen molar-refractivity contribution in [3.05, 3.63) is 30.0 Å². The molecule has 5 heteroatoms. The highest BCUT2D eigenvalue weighted by Gasteiger charge is 2.08. The monoisotopic (exact) mass is 252 g/mol. The van der Waals surface area contributed by atoms with E-state index in [1.54, 1.807) is 19.2 Å². The molecule has 0 saturated heterocycles. The molecule has 3 nitrogen and oxygen atoms in total. The second kappa shape index (κ2) is 5.16. The summed E-state index contributed by atoms with van der Waals surface area (Å²) in [6, 6.07) is 6.67. The van der Waals surface area contributed by atoms with Gasteiger partial charge in [-0.1, -0.05) is 6.92 Å². The molecule has 2 aromatic rings. The highest BCUT2D eigenvalue weighted by molar-refractivity contribution is 5.92. The molecule has 0 aliphatic rings. The Hall–Kier alpha value is -1.91. The maximum atomic E-state index is 12.2. The number of hydrogen-bond acceptors (Lipinski definition) is 3. The summed E-state index contributed by atoms with van der Waals surface area (Å²) in [6.07, 6.45) is 0.819. The number of rotatable bonds is 4. The molecule has 2 rings (SSSR count). The maximum Gasteiger partial charge on any atom is 0.387 e. The summed E-state index contributed by atoms with van der Waals surface area (Å²) >= 11 is 0. The number of aryl methyl sites for hydroxylation is 1. The van der Waals surface area contributed by atoms with E-state index in [-0.39, 0.29) is 5.75 Å². The molecule has 0 fully saturated rings.